The van der Waals surface area contributed by atoms with Gasteiger partial charge >= 0.3 is 6.18 Å². The van der Waals surface area contributed by atoms with Gasteiger partial charge in [0.15, 0.2) is 11.5 Å². The Morgan fingerprint density at radius 1 is 1.26 bits per heavy atom. The quantitative estimate of drug-likeness (QED) is 0.853. The Hall–Kier alpha value is -2.22. The molecule has 23 heavy (non-hydrogen) atoms. The fourth-order valence-electron chi connectivity index (χ4n) is 2.02. The lowest BCUT2D eigenvalue weighted by Gasteiger charge is -2.18. The van der Waals surface area contributed by atoms with Gasteiger partial charge < -0.3 is 10.4 Å². The number of aromatic nitrogens is 3. The van der Waals surface area contributed by atoms with E-state index in [0.29, 0.717) is 12.8 Å². The Kier molecular flexibility index (Phi) is 5.49. The van der Waals surface area contributed by atoms with Gasteiger partial charge in [-0.3, -0.25) is 4.98 Å². The molecule has 124 valence electrons. The molecule has 2 heterocycles. The standard InChI is InChI=1S/C15H17F3N4O/c1-2-10(6-8-23)20-13-9-12(15(16,17)18)21-14(22-13)11-5-3-4-7-19-11/h3-5,7,9-10,23H,2,6,8H2,1H3,(H,20,21,22). The zero-order valence-electron chi connectivity index (χ0n) is 12.5. The summed E-state index contributed by atoms with van der Waals surface area (Å²) in [6.45, 7) is 1.81. The number of hydrogen-bond donors (Lipinski definition) is 2. The van der Waals surface area contributed by atoms with Crippen LogP contribution < -0.4 is 5.32 Å². The van der Waals surface area contributed by atoms with Gasteiger partial charge in [0.25, 0.3) is 0 Å². The molecule has 2 aromatic rings. The monoisotopic (exact) mass is 326 g/mol. The highest BCUT2D eigenvalue weighted by Gasteiger charge is 2.34. The minimum absolute atomic E-state index is 0.0597. The first-order valence-electron chi connectivity index (χ1n) is 7.19. The summed E-state index contributed by atoms with van der Waals surface area (Å²) in [6.07, 6.45) is -2.06. The molecule has 0 amide bonds. The second kappa shape index (κ2) is 7.36. The van der Waals surface area contributed by atoms with E-state index >= 15 is 0 Å². The number of nitrogens with one attached hydrogen (secondary N) is 1. The van der Waals surface area contributed by atoms with Crippen LogP contribution in [-0.2, 0) is 6.18 Å². The first kappa shape index (κ1) is 17.1. The minimum atomic E-state index is -4.58. The topological polar surface area (TPSA) is 70.9 Å². The lowest BCUT2D eigenvalue weighted by Crippen LogP contribution is -2.21. The van der Waals surface area contributed by atoms with E-state index in [2.05, 4.69) is 20.3 Å². The smallest absolute Gasteiger partial charge is 0.396 e. The molecule has 0 saturated carbocycles. The first-order chi connectivity index (χ1) is 10.9. The van der Waals surface area contributed by atoms with Crippen molar-refractivity contribution in [2.75, 3.05) is 11.9 Å². The third kappa shape index (κ3) is 4.62. The van der Waals surface area contributed by atoms with E-state index in [9.17, 15) is 13.2 Å². The predicted octanol–water partition coefficient (Wildman–Crippen LogP) is 3.13. The van der Waals surface area contributed by atoms with Crippen molar-refractivity contribution in [2.24, 2.45) is 0 Å². The van der Waals surface area contributed by atoms with E-state index in [-0.39, 0.29) is 30.0 Å². The van der Waals surface area contributed by atoms with Crippen LogP contribution in [0.25, 0.3) is 11.5 Å². The zero-order chi connectivity index (χ0) is 16.9. The van der Waals surface area contributed by atoms with Crippen molar-refractivity contribution in [3.05, 3.63) is 36.2 Å². The van der Waals surface area contributed by atoms with Gasteiger partial charge in [0.1, 0.15) is 11.5 Å². The van der Waals surface area contributed by atoms with Crippen molar-refractivity contribution in [1.82, 2.24) is 15.0 Å². The molecule has 0 fully saturated rings. The van der Waals surface area contributed by atoms with Crippen LogP contribution >= 0.6 is 0 Å². The Morgan fingerprint density at radius 2 is 2.04 bits per heavy atom. The van der Waals surface area contributed by atoms with Crippen LogP contribution in [0, 0.1) is 0 Å². The number of aliphatic hydroxyl groups is 1. The lowest BCUT2D eigenvalue weighted by molar-refractivity contribution is -0.141. The molecule has 0 saturated heterocycles. The molecule has 0 aliphatic rings. The summed E-state index contributed by atoms with van der Waals surface area (Å²) in [7, 11) is 0. The maximum absolute atomic E-state index is 13.1. The summed E-state index contributed by atoms with van der Waals surface area (Å²) < 4.78 is 39.2. The average Bonchev–Trinajstić information content (AvgIpc) is 2.54. The number of anilines is 1. The van der Waals surface area contributed by atoms with Crippen LogP contribution in [0.2, 0.25) is 0 Å². The summed E-state index contributed by atoms with van der Waals surface area (Å²) in [5.41, 5.74) is -0.772. The molecule has 0 spiro atoms. The number of rotatable bonds is 6. The molecule has 2 aromatic heterocycles. The number of alkyl halides is 3. The molecule has 0 aliphatic heterocycles. The molecular formula is C15H17F3N4O. The normalized spacial score (nSPS) is 12.9. The number of aliphatic hydroxyl groups excluding tert-OH is 1. The average molecular weight is 326 g/mol. The third-order valence-electron chi connectivity index (χ3n) is 3.23. The Bertz CT molecular complexity index is 634. The van der Waals surface area contributed by atoms with Crippen LogP contribution in [0.15, 0.2) is 30.5 Å². The fourth-order valence-corrected chi connectivity index (χ4v) is 2.02. The predicted molar refractivity (Wildman–Crippen MR) is 79.7 cm³/mol. The van der Waals surface area contributed by atoms with Crippen molar-refractivity contribution in [1.29, 1.82) is 0 Å². The molecule has 0 radical (unpaired) electrons. The van der Waals surface area contributed by atoms with Crippen LogP contribution in [0.1, 0.15) is 25.5 Å². The molecule has 2 N–H and O–H groups in total. The van der Waals surface area contributed by atoms with Crippen LogP contribution in [-0.4, -0.2) is 32.7 Å². The minimum Gasteiger partial charge on any atom is -0.396 e. The van der Waals surface area contributed by atoms with Gasteiger partial charge in [-0.2, -0.15) is 13.2 Å². The van der Waals surface area contributed by atoms with Crippen LogP contribution in [0.4, 0.5) is 19.0 Å². The maximum atomic E-state index is 13.1. The molecule has 0 aliphatic carbocycles. The van der Waals surface area contributed by atoms with Crippen molar-refractivity contribution in [3.8, 4) is 11.5 Å². The summed E-state index contributed by atoms with van der Waals surface area (Å²) in [4.78, 5) is 11.7. The molecule has 0 aromatic carbocycles. The van der Waals surface area contributed by atoms with Gasteiger partial charge in [0.05, 0.1) is 0 Å². The maximum Gasteiger partial charge on any atom is 0.433 e. The van der Waals surface area contributed by atoms with E-state index in [1.807, 2.05) is 6.92 Å². The second-order valence-corrected chi connectivity index (χ2v) is 4.94. The van der Waals surface area contributed by atoms with Crippen LogP contribution in [0.5, 0.6) is 0 Å². The SMILES string of the molecule is CCC(CCO)Nc1cc(C(F)(F)F)nc(-c2ccccn2)n1. The molecule has 5 nitrogen and oxygen atoms in total. The van der Waals surface area contributed by atoms with Crippen molar-refractivity contribution < 1.29 is 18.3 Å². The summed E-state index contributed by atoms with van der Waals surface area (Å²) in [5.74, 6) is -0.0324. The summed E-state index contributed by atoms with van der Waals surface area (Å²) in [5, 5.41) is 11.9. The van der Waals surface area contributed by atoms with Gasteiger partial charge in [-0.15, -0.1) is 0 Å². The summed E-state index contributed by atoms with van der Waals surface area (Å²) >= 11 is 0. The second-order valence-electron chi connectivity index (χ2n) is 4.94. The van der Waals surface area contributed by atoms with E-state index in [1.54, 1.807) is 18.2 Å². The molecule has 8 heteroatoms. The number of halogens is 3. The largest absolute Gasteiger partial charge is 0.433 e. The van der Waals surface area contributed by atoms with Crippen molar-refractivity contribution in [3.63, 3.8) is 0 Å². The van der Waals surface area contributed by atoms with Gasteiger partial charge in [0.2, 0.25) is 0 Å². The molecule has 0 bridgehead atoms. The highest BCUT2D eigenvalue weighted by Crippen LogP contribution is 2.30. The Morgan fingerprint density at radius 3 is 2.61 bits per heavy atom. The molecular weight excluding hydrogens is 309 g/mol. The number of pyridine rings is 1. The van der Waals surface area contributed by atoms with Crippen molar-refractivity contribution >= 4 is 5.82 Å². The third-order valence-corrected chi connectivity index (χ3v) is 3.23. The fraction of sp³-hybridized carbons (Fsp3) is 0.400. The van der Waals surface area contributed by atoms with Gasteiger partial charge in [-0.05, 0) is 25.0 Å². The van der Waals surface area contributed by atoms with E-state index in [0.717, 1.165) is 6.07 Å². The first-order valence-corrected chi connectivity index (χ1v) is 7.19. The molecule has 1 atom stereocenters. The highest BCUT2D eigenvalue weighted by atomic mass is 19.4. The van der Waals surface area contributed by atoms with E-state index in [4.69, 9.17) is 5.11 Å². The Labute approximate surface area is 131 Å². The zero-order valence-corrected chi connectivity index (χ0v) is 12.5. The number of hydrogen-bond acceptors (Lipinski definition) is 5. The number of nitrogens with zero attached hydrogens (tertiary/aromatic N) is 3. The van der Waals surface area contributed by atoms with Crippen LogP contribution in [0.3, 0.4) is 0 Å². The molecule has 2 rings (SSSR count). The van der Waals surface area contributed by atoms with Gasteiger partial charge in [0, 0.05) is 24.9 Å². The van der Waals surface area contributed by atoms with Crippen molar-refractivity contribution in [2.45, 2.75) is 32.0 Å². The van der Waals surface area contributed by atoms with E-state index in [1.165, 1.54) is 6.20 Å². The summed E-state index contributed by atoms with van der Waals surface area (Å²) in [6, 6.07) is 5.55. The van der Waals surface area contributed by atoms with Gasteiger partial charge in [-0.1, -0.05) is 13.0 Å². The van der Waals surface area contributed by atoms with E-state index < -0.39 is 11.9 Å². The highest BCUT2D eigenvalue weighted by molar-refractivity contribution is 5.53. The Balaban J connectivity index is 2.42. The lowest BCUT2D eigenvalue weighted by atomic mass is 10.1. The molecule has 1 unspecified atom stereocenters. The van der Waals surface area contributed by atoms with Gasteiger partial charge in [-0.25, -0.2) is 9.97 Å².